The second-order valence-corrected chi connectivity index (χ2v) is 3.97. The summed E-state index contributed by atoms with van der Waals surface area (Å²) in [5, 5.41) is 0. The van der Waals surface area contributed by atoms with Gasteiger partial charge >= 0.3 is 0 Å². The molecule has 0 aliphatic heterocycles. The van der Waals surface area contributed by atoms with Gasteiger partial charge in [-0.25, -0.2) is 4.98 Å². The lowest BCUT2D eigenvalue weighted by Gasteiger charge is -2.22. The summed E-state index contributed by atoms with van der Waals surface area (Å²) >= 11 is 0. The quantitative estimate of drug-likeness (QED) is 0.744. The first-order chi connectivity index (χ1) is 7.66. The molecule has 1 heterocycles. The molecule has 0 radical (unpaired) electrons. The number of hydrogen-bond donors (Lipinski definition) is 1. The molecular formula is C12H21N3O. The average Bonchev–Trinajstić information content (AvgIpc) is 2.29. The summed E-state index contributed by atoms with van der Waals surface area (Å²) in [6, 6.07) is 3.96. The van der Waals surface area contributed by atoms with E-state index < -0.39 is 0 Å². The summed E-state index contributed by atoms with van der Waals surface area (Å²) in [5.41, 5.74) is 7.00. The van der Waals surface area contributed by atoms with Crippen LogP contribution in [-0.2, 0) is 4.74 Å². The van der Waals surface area contributed by atoms with Crippen LogP contribution in [0, 0.1) is 0 Å². The summed E-state index contributed by atoms with van der Waals surface area (Å²) in [6.45, 7) is 3.67. The van der Waals surface area contributed by atoms with E-state index in [0.717, 1.165) is 31.0 Å². The highest BCUT2D eigenvalue weighted by atomic mass is 16.5. The smallest absolute Gasteiger partial charge is 0.133 e. The number of methoxy groups -OCH3 is 1. The van der Waals surface area contributed by atoms with Crippen LogP contribution >= 0.6 is 0 Å². The van der Waals surface area contributed by atoms with E-state index >= 15 is 0 Å². The molecule has 0 spiro atoms. The zero-order valence-corrected chi connectivity index (χ0v) is 10.3. The third-order valence-electron chi connectivity index (χ3n) is 2.51. The Bertz CT molecular complexity index is 315. The van der Waals surface area contributed by atoms with E-state index in [-0.39, 0.29) is 6.04 Å². The van der Waals surface area contributed by atoms with E-state index in [1.807, 2.05) is 26.1 Å². The Labute approximate surface area is 97.4 Å². The zero-order valence-electron chi connectivity index (χ0n) is 10.3. The second kappa shape index (κ2) is 6.45. The van der Waals surface area contributed by atoms with Crippen LogP contribution in [0.1, 0.15) is 24.9 Å². The van der Waals surface area contributed by atoms with Gasteiger partial charge in [-0.3, -0.25) is 0 Å². The van der Waals surface area contributed by atoms with Crippen LogP contribution in [0.2, 0.25) is 0 Å². The van der Waals surface area contributed by atoms with Gasteiger partial charge in [-0.15, -0.1) is 0 Å². The van der Waals surface area contributed by atoms with Crippen molar-refractivity contribution < 1.29 is 4.74 Å². The summed E-state index contributed by atoms with van der Waals surface area (Å²) in [5.74, 6) is 0.966. The van der Waals surface area contributed by atoms with Gasteiger partial charge in [-0.05, 0) is 19.4 Å². The van der Waals surface area contributed by atoms with Gasteiger partial charge in [0.1, 0.15) is 5.82 Å². The van der Waals surface area contributed by atoms with E-state index in [2.05, 4.69) is 9.88 Å². The van der Waals surface area contributed by atoms with Gasteiger partial charge in [0, 0.05) is 45.1 Å². The summed E-state index contributed by atoms with van der Waals surface area (Å²) in [7, 11) is 3.75. The predicted molar refractivity (Wildman–Crippen MR) is 66.6 cm³/mol. The van der Waals surface area contributed by atoms with Gasteiger partial charge in [0.05, 0.1) is 0 Å². The van der Waals surface area contributed by atoms with Crippen LogP contribution in [-0.4, -0.2) is 32.3 Å². The van der Waals surface area contributed by atoms with Crippen LogP contribution in [0.5, 0.6) is 0 Å². The summed E-state index contributed by atoms with van der Waals surface area (Å²) < 4.78 is 5.03. The predicted octanol–water partition coefficient (Wildman–Crippen LogP) is 1.57. The van der Waals surface area contributed by atoms with Crippen LogP contribution in [0.4, 0.5) is 5.82 Å². The fourth-order valence-electron chi connectivity index (χ4n) is 1.64. The maximum absolute atomic E-state index is 5.92. The molecule has 1 rings (SSSR count). The van der Waals surface area contributed by atoms with Crippen molar-refractivity contribution in [3.63, 3.8) is 0 Å². The van der Waals surface area contributed by atoms with Crippen LogP contribution in [0.15, 0.2) is 18.3 Å². The molecule has 0 saturated carbocycles. The van der Waals surface area contributed by atoms with Crippen molar-refractivity contribution in [1.82, 2.24) is 4.98 Å². The fourth-order valence-corrected chi connectivity index (χ4v) is 1.64. The summed E-state index contributed by atoms with van der Waals surface area (Å²) in [6.07, 6.45) is 2.79. The van der Waals surface area contributed by atoms with Crippen molar-refractivity contribution in [2.75, 3.05) is 32.2 Å². The first kappa shape index (κ1) is 12.9. The molecule has 4 heteroatoms. The second-order valence-electron chi connectivity index (χ2n) is 3.97. The Morgan fingerprint density at radius 2 is 2.31 bits per heavy atom. The van der Waals surface area contributed by atoms with Gasteiger partial charge < -0.3 is 15.4 Å². The molecule has 90 valence electrons. The van der Waals surface area contributed by atoms with E-state index in [9.17, 15) is 0 Å². The maximum Gasteiger partial charge on any atom is 0.133 e. The SMILES string of the molecule is COCCCN(C)c1ncccc1[C@@H](C)N. The summed E-state index contributed by atoms with van der Waals surface area (Å²) in [4.78, 5) is 6.51. The Balaban J connectivity index is 2.70. The number of nitrogens with two attached hydrogens (primary N) is 1. The zero-order chi connectivity index (χ0) is 12.0. The average molecular weight is 223 g/mol. The van der Waals surface area contributed by atoms with E-state index in [1.54, 1.807) is 13.3 Å². The van der Waals surface area contributed by atoms with Crippen molar-refractivity contribution in [3.8, 4) is 0 Å². The van der Waals surface area contributed by atoms with Crippen LogP contribution < -0.4 is 10.6 Å². The Hall–Kier alpha value is -1.13. The van der Waals surface area contributed by atoms with Crippen molar-refractivity contribution in [3.05, 3.63) is 23.9 Å². The van der Waals surface area contributed by atoms with Crippen LogP contribution in [0.3, 0.4) is 0 Å². The standard InChI is InChI=1S/C12H21N3O/c1-10(13)11-6-4-7-14-12(11)15(2)8-5-9-16-3/h4,6-7,10H,5,8-9,13H2,1-3H3/t10-/m1/s1. The molecule has 0 amide bonds. The lowest BCUT2D eigenvalue weighted by Crippen LogP contribution is -2.23. The fraction of sp³-hybridized carbons (Fsp3) is 0.583. The highest BCUT2D eigenvalue weighted by Gasteiger charge is 2.10. The number of hydrogen-bond acceptors (Lipinski definition) is 4. The topological polar surface area (TPSA) is 51.4 Å². The third kappa shape index (κ3) is 3.47. The number of ether oxygens (including phenoxy) is 1. The minimum Gasteiger partial charge on any atom is -0.385 e. The highest BCUT2D eigenvalue weighted by Crippen LogP contribution is 2.21. The van der Waals surface area contributed by atoms with Crippen LogP contribution in [0.25, 0.3) is 0 Å². The van der Waals surface area contributed by atoms with E-state index in [0.29, 0.717) is 0 Å². The number of anilines is 1. The molecule has 0 aliphatic carbocycles. The van der Waals surface area contributed by atoms with Gasteiger partial charge in [0.25, 0.3) is 0 Å². The maximum atomic E-state index is 5.92. The van der Waals surface area contributed by atoms with Gasteiger partial charge in [-0.2, -0.15) is 0 Å². The van der Waals surface area contributed by atoms with E-state index in [4.69, 9.17) is 10.5 Å². The Morgan fingerprint density at radius 1 is 1.56 bits per heavy atom. The monoisotopic (exact) mass is 223 g/mol. The number of nitrogens with zero attached hydrogens (tertiary/aromatic N) is 2. The molecule has 0 unspecified atom stereocenters. The lowest BCUT2D eigenvalue weighted by molar-refractivity contribution is 0.196. The largest absolute Gasteiger partial charge is 0.385 e. The van der Waals surface area contributed by atoms with Crippen molar-refractivity contribution >= 4 is 5.82 Å². The Kier molecular flexibility index (Phi) is 5.22. The molecule has 16 heavy (non-hydrogen) atoms. The molecule has 1 atom stereocenters. The van der Waals surface area contributed by atoms with E-state index in [1.165, 1.54) is 0 Å². The minimum atomic E-state index is 0.00794. The molecule has 0 aliphatic rings. The lowest BCUT2D eigenvalue weighted by atomic mass is 10.1. The molecule has 0 saturated heterocycles. The molecule has 2 N–H and O–H groups in total. The van der Waals surface area contributed by atoms with Gasteiger partial charge in [-0.1, -0.05) is 6.07 Å². The number of aromatic nitrogens is 1. The first-order valence-corrected chi connectivity index (χ1v) is 5.57. The molecule has 0 fully saturated rings. The minimum absolute atomic E-state index is 0.00794. The molecule has 0 aromatic carbocycles. The van der Waals surface area contributed by atoms with Crippen molar-refractivity contribution in [1.29, 1.82) is 0 Å². The van der Waals surface area contributed by atoms with Gasteiger partial charge in [0.15, 0.2) is 0 Å². The van der Waals surface area contributed by atoms with Crippen molar-refractivity contribution in [2.45, 2.75) is 19.4 Å². The molecular weight excluding hydrogens is 202 g/mol. The normalized spacial score (nSPS) is 12.5. The molecule has 4 nitrogen and oxygen atoms in total. The highest BCUT2D eigenvalue weighted by molar-refractivity contribution is 5.47. The molecule has 1 aromatic rings. The van der Waals surface area contributed by atoms with Gasteiger partial charge in [0.2, 0.25) is 0 Å². The third-order valence-corrected chi connectivity index (χ3v) is 2.51. The molecule has 1 aromatic heterocycles. The van der Waals surface area contributed by atoms with Crippen molar-refractivity contribution in [2.24, 2.45) is 5.73 Å². The first-order valence-electron chi connectivity index (χ1n) is 5.57. The molecule has 0 bridgehead atoms. The number of pyridine rings is 1. The number of rotatable bonds is 6. The Morgan fingerprint density at radius 3 is 2.94 bits per heavy atom.